The second-order valence-corrected chi connectivity index (χ2v) is 3.74. The van der Waals surface area contributed by atoms with E-state index < -0.39 is 19.0 Å². The second kappa shape index (κ2) is 4.94. The van der Waals surface area contributed by atoms with Crippen LogP contribution in [-0.2, 0) is 0 Å². The molecule has 0 saturated carbocycles. The van der Waals surface area contributed by atoms with Gasteiger partial charge in [0.05, 0.1) is 0 Å². The highest BCUT2D eigenvalue weighted by Crippen LogP contribution is 2.24. The number of nitrogens with zero attached hydrogens (tertiary/aromatic N) is 2. The molecule has 1 heterocycles. The third kappa shape index (κ3) is 3.58. The lowest BCUT2D eigenvalue weighted by molar-refractivity contribution is -0.148. The Bertz CT molecular complexity index is 355. The molecule has 0 bridgehead atoms. The lowest BCUT2D eigenvalue weighted by Gasteiger charge is -2.15. The van der Waals surface area contributed by atoms with Crippen LogP contribution in [0.3, 0.4) is 0 Å². The van der Waals surface area contributed by atoms with Crippen LogP contribution in [0, 0.1) is 6.92 Å². The maximum Gasteiger partial charge on any atom is 0.340 e. The minimum atomic E-state index is -4.19. The van der Waals surface area contributed by atoms with Gasteiger partial charge in [-0.3, -0.25) is 0 Å². The molecule has 0 aromatic carbocycles. The summed E-state index contributed by atoms with van der Waals surface area (Å²) in [6.07, 6.45) is -3.76. The van der Waals surface area contributed by atoms with Gasteiger partial charge in [-0.1, -0.05) is 0 Å². The van der Waals surface area contributed by atoms with Crippen LogP contribution in [0.2, 0.25) is 0 Å². The zero-order valence-corrected chi connectivity index (χ0v) is 9.64. The summed E-state index contributed by atoms with van der Waals surface area (Å²) in [5.74, 6) is -4.09. The Morgan fingerprint density at radius 3 is 2.56 bits per heavy atom. The molecule has 0 saturated heterocycles. The molecule has 8 heteroatoms. The van der Waals surface area contributed by atoms with E-state index in [9.17, 15) is 17.6 Å². The SMILES string of the molecule is Cc1nc(Br)cc(OCC(F)(F)C(F)F)n1. The fraction of sp³-hybridized carbons (Fsp3) is 0.500. The van der Waals surface area contributed by atoms with Gasteiger partial charge in [-0.15, -0.1) is 0 Å². The van der Waals surface area contributed by atoms with E-state index in [-0.39, 0.29) is 11.7 Å². The average molecular weight is 303 g/mol. The Kier molecular flexibility index (Phi) is 4.06. The van der Waals surface area contributed by atoms with Crippen LogP contribution in [0.1, 0.15) is 5.82 Å². The number of aryl methyl sites for hydroxylation is 1. The molecule has 1 aromatic heterocycles. The summed E-state index contributed by atoms with van der Waals surface area (Å²) in [6, 6.07) is 1.22. The monoisotopic (exact) mass is 302 g/mol. The lowest BCUT2D eigenvalue weighted by atomic mass is 10.4. The van der Waals surface area contributed by atoms with E-state index in [1.165, 1.54) is 13.0 Å². The van der Waals surface area contributed by atoms with Crippen molar-refractivity contribution >= 4 is 15.9 Å². The molecular weight excluding hydrogens is 296 g/mol. The summed E-state index contributed by atoms with van der Waals surface area (Å²) in [5, 5.41) is 0. The summed E-state index contributed by atoms with van der Waals surface area (Å²) in [7, 11) is 0. The lowest BCUT2D eigenvalue weighted by Crippen LogP contribution is -2.33. The van der Waals surface area contributed by atoms with Crippen molar-refractivity contribution in [2.24, 2.45) is 0 Å². The maximum atomic E-state index is 12.5. The van der Waals surface area contributed by atoms with E-state index in [0.29, 0.717) is 4.60 Å². The number of alkyl halides is 4. The molecule has 0 radical (unpaired) electrons. The smallest absolute Gasteiger partial charge is 0.340 e. The van der Waals surface area contributed by atoms with E-state index >= 15 is 0 Å². The molecule has 90 valence electrons. The van der Waals surface area contributed by atoms with Gasteiger partial charge in [0, 0.05) is 6.07 Å². The molecule has 0 spiro atoms. The molecule has 0 aliphatic heterocycles. The predicted molar refractivity (Wildman–Crippen MR) is 50.9 cm³/mol. The molecule has 16 heavy (non-hydrogen) atoms. The van der Waals surface area contributed by atoms with Crippen LogP contribution < -0.4 is 4.74 Å². The van der Waals surface area contributed by atoms with E-state index in [2.05, 4.69) is 30.6 Å². The first kappa shape index (κ1) is 13.1. The van der Waals surface area contributed by atoms with E-state index in [1.54, 1.807) is 0 Å². The van der Waals surface area contributed by atoms with Crippen molar-refractivity contribution in [3.8, 4) is 5.88 Å². The van der Waals surface area contributed by atoms with Crippen molar-refractivity contribution in [1.29, 1.82) is 0 Å². The van der Waals surface area contributed by atoms with Crippen LogP contribution >= 0.6 is 15.9 Å². The summed E-state index contributed by atoms with van der Waals surface area (Å²) < 4.78 is 53.4. The standard InChI is InChI=1S/C8H7BrF4N2O/c1-4-14-5(9)2-6(15-4)16-3-8(12,13)7(10)11/h2,7H,3H2,1H3. The van der Waals surface area contributed by atoms with E-state index in [4.69, 9.17) is 0 Å². The molecule has 0 atom stereocenters. The molecule has 0 N–H and O–H groups in total. The molecule has 0 fully saturated rings. The molecule has 0 aliphatic carbocycles. The van der Waals surface area contributed by atoms with Gasteiger partial charge < -0.3 is 4.74 Å². The van der Waals surface area contributed by atoms with Crippen molar-refractivity contribution in [3.05, 3.63) is 16.5 Å². The Hall–Kier alpha value is -0.920. The zero-order valence-electron chi connectivity index (χ0n) is 8.05. The Morgan fingerprint density at radius 2 is 2.06 bits per heavy atom. The first-order valence-corrected chi connectivity index (χ1v) is 4.90. The Morgan fingerprint density at radius 1 is 1.44 bits per heavy atom. The fourth-order valence-electron chi connectivity index (χ4n) is 0.813. The second-order valence-electron chi connectivity index (χ2n) is 2.93. The molecule has 3 nitrogen and oxygen atoms in total. The van der Waals surface area contributed by atoms with Crippen molar-refractivity contribution < 1.29 is 22.3 Å². The largest absolute Gasteiger partial charge is 0.471 e. The van der Waals surface area contributed by atoms with Gasteiger partial charge in [0.2, 0.25) is 5.88 Å². The number of hydrogen-bond donors (Lipinski definition) is 0. The summed E-state index contributed by atoms with van der Waals surface area (Å²) in [4.78, 5) is 7.46. The van der Waals surface area contributed by atoms with Gasteiger partial charge in [0.15, 0.2) is 6.61 Å². The molecule has 0 aliphatic rings. The van der Waals surface area contributed by atoms with Crippen LogP contribution in [0.15, 0.2) is 10.7 Å². The molecular formula is C8H7BrF4N2O. The first-order valence-electron chi connectivity index (χ1n) is 4.11. The highest BCUT2D eigenvalue weighted by atomic mass is 79.9. The van der Waals surface area contributed by atoms with Crippen molar-refractivity contribution in [1.82, 2.24) is 9.97 Å². The van der Waals surface area contributed by atoms with Crippen LogP contribution in [0.4, 0.5) is 17.6 Å². The van der Waals surface area contributed by atoms with E-state index in [1.807, 2.05) is 0 Å². The average Bonchev–Trinajstić information content (AvgIpc) is 2.13. The zero-order chi connectivity index (χ0) is 12.3. The number of rotatable bonds is 4. The van der Waals surface area contributed by atoms with Crippen LogP contribution in [0.5, 0.6) is 5.88 Å². The topological polar surface area (TPSA) is 35.0 Å². The number of ether oxygens (including phenoxy) is 1. The van der Waals surface area contributed by atoms with Gasteiger partial charge in [-0.25, -0.2) is 13.8 Å². The maximum absolute atomic E-state index is 12.5. The van der Waals surface area contributed by atoms with Crippen molar-refractivity contribution in [2.75, 3.05) is 6.61 Å². The third-order valence-corrected chi connectivity index (χ3v) is 1.92. The molecule has 0 unspecified atom stereocenters. The third-order valence-electron chi connectivity index (χ3n) is 1.51. The first-order chi connectivity index (χ1) is 7.31. The fourth-order valence-corrected chi connectivity index (χ4v) is 1.27. The highest BCUT2D eigenvalue weighted by Gasteiger charge is 2.41. The van der Waals surface area contributed by atoms with E-state index in [0.717, 1.165) is 0 Å². The van der Waals surface area contributed by atoms with Gasteiger partial charge in [0.25, 0.3) is 0 Å². The normalized spacial score (nSPS) is 11.9. The summed E-state index contributed by atoms with van der Waals surface area (Å²) >= 11 is 3.00. The summed E-state index contributed by atoms with van der Waals surface area (Å²) in [5.41, 5.74) is 0. The van der Waals surface area contributed by atoms with Gasteiger partial charge in [-0.2, -0.15) is 13.8 Å². The quantitative estimate of drug-likeness (QED) is 0.634. The van der Waals surface area contributed by atoms with Gasteiger partial charge in [-0.05, 0) is 22.9 Å². The number of aromatic nitrogens is 2. The number of hydrogen-bond acceptors (Lipinski definition) is 3. The molecule has 0 amide bonds. The Labute approximate surface area is 97.0 Å². The number of halogens is 5. The minimum Gasteiger partial charge on any atom is -0.471 e. The summed E-state index contributed by atoms with van der Waals surface area (Å²) in [6.45, 7) is 0.0937. The predicted octanol–water partition coefficient (Wildman–Crippen LogP) is 2.83. The molecule has 1 aromatic rings. The minimum absolute atomic E-state index is 0.181. The van der Waals surface area contributed by atoms with Crippen molar-refractivity contribution in [3.63, 3.8) is 0 Å². The van der Waals surface area contributed by atoms with Gasteiger partial charge in [0.1, 0.15) is 10.4 Å². The Balaban J connectivity index is 2.68. The van der Waals surface area contributed by atoms with Crippen LogP contribution in [0.25, 0.3) is 0 Å². The molecule has 1 rings (SSSR count). The van der Waals surface area contributed by atoms with Crippen molar-refractivity contribution in [2.45, 2.75) is 19.3 Å². The van der Waals surface area contributed by atoms with Crippen LogP contribution in [-0.4, -0.2) is 28.9 Å². The highest BCUT2D eigenvalue weighted by molar-refractivity contribution is 9.10. The van der Waals surface area contributed by atoms with Gasteiger partial charge >= 0.3 is 12.3 Å².